The first-order valence-electron chi connectivity index (χ1n) is 6.76. The third kappa shape index (κ3) is 2.66. The van der Waals surface area contributed by atoms with Crippen LogP contribution in [0.2, 0.25) is 0 Å². The molecule has 0 spiro atoms. The maximum absolute atomic E-state index is 14.5. The van der Waals surface area contributed by atoms with Crippen LogP contribution in [-0.4, -0.2) is 24.9 Å². The number of hydrogen-bond donors (Lipinski definition) is 1. The summed E-state index contributed by atoms with van der Waals surface area (Å²) < 4.78 is 14.5. The van der Waals surface area contributed by atoms with Crippen LogP contribution < -0.4 is 10.2 Å². The Bertz CT molecular complexity index is 543. The Balaban J connectivity index is 2.29. The molecule has 2 amide bonds. The average molecular weight is 278 g/mol. The van der Waals surface area contributed by atoms with Crippen molar-refractivity contribution in [2.24, 2.45) is 0 Å². The van der Waals surface area contributed by atoms with Gasteiger partial charge in [0.1, 0.15) is 11.9 Å². The first-order valence-corrected chi connectivity index (χ1v) is 6.76. The molecule has 1 heterocycles. The molecule has 1 N–H and O–H groups in total. The summed E-state index contributed by atoms with van der Waals surface area (Å²) in [5.41, 5.74) is 1.02. The highest BCUT2D eigenvalue weighted by atomic mass is 19.1. The van der Waals surface area contributed by atoms with Gasteiger partial charge in [-0.1, -0.05) is 26.0 Å². The van der Waals surface area contributed by atoms with Crippen LogP contribution in [0.3, 0.4) is 0 Å². The number of anilines is 1. The molecule has 1 aromatic rings. The fourth-order valence-corrected chi connectivity index (χ4v) is 2.47. The Morgan fingerprint density at radius 3 is 2.65 bits per heavy atom. The van der Waals surface area contributed by atoms with E-state index in [4.69, 9.17) is 0 Å². The topological polar surface area (TPSA) is 49.4 Å². The third-order valence-corrected chi connectivity index (χ3v) is 3.69. The lowest BCUT2D eigenvalue weighted by atomic mass is 9.99. The molecule has 1 atom stereocenters. The Morgan fingerprint density at radius 1 is 1.35 bits per heavy atom. The minimum Gasteiger partial charge on any atom is -0.360 e. The highest BCUT2D eigenvalue weighted by molar-refractivity contribution is 6.01. The van der Waals surface area contributed by atoms with E-state index < -0.39 is 6.04 Å². The summed E-state index contributed by atoms with van der Waals surface area (Å²) in [4.78, 5) is 24.6. The Labute approximate surface area is 118 Å². The molecule has 1 saturated heterocycles. The van der Waals surface area contributed by atoms with Crippen LogP contribution in [0.15, 0.2) is 18.2 Å². The summed E-state index contributed by atoms with van der Waals surface area (Å²) in [5, 5.41) is 2.29. The van der Waals surface area contributed by atoms with Crippen molar-refractivity contribution in [2.45, 2.75) is 38.6 Å². The molecule has 20 heavy (non-hydrogen) atoms. The zero-order valence-electron chi connectivity index (χ0n) is 11.9. The molecular weight excluding hydrogens is 259 g/mol. The fraction of sp³-hybridized carbons (Fsp3) is 0.467. The van der Waals surface area contributed by atoms with Crippen LogP contribution in [0.4, 0.5) is 10.1 Å². The molecule has 1 fully saturated rings. The van der Waals surface area contributed by atoms with E-state index in [1.807, 2.05) is 13.8 Å². The van der Waals surface area contributed by atoms with Gasteiger partial charge in [0.05, 0.1) is 5.69 Å². The molecule has 5 heteroatoms. The van der Waals surface area contributed by atoms with Crippen LogP contribution >= 0.6 is 0 Å². The van der Waals surface area contributed by atoms with Crippen molar-refractivity contribution in [1.82, 2.24) is 5.32 Å². The largest absolute Gasteiger partial charge is 0.360 e. The van der Waals surface area contributed by atoms with Crippen molar-refractivity contribution in [1.29, 1.82) is 0 Å². The molecule has 108 valence electrons. The highest BCUT2D eigenvalue weighted by Gasteiger charge is 2.31. The third-order valence-electron chi connectivity index (χ3n) is 3.69. The maximum Gasteiger partial charge on any atom is 0.249 e. The van der Waals surface area contributed by atoms with E-state index in [9.17, 15) is 14.0 Å². The molecule has 0 aliphatic carbocycles. The van der Waals surface area contributed by atoms with Gasteiger partial charge < -0.3 is 4.90 Å². The summed E-state index contributed by atoms with van der Waals surface area (Å²) in [5.74, 6) is -0.853. The molecular formula is C15H19FN2O2. The van der Waals surface area contributed by atoms with Crippen molar-refractivity contribution in [2.75, 3.05) is 11.9 Å². The Morgan fingerprint density at radius 2 is 2.05 bits per heavy atom. The summed E-state index contributed by atoms with van der Waals surface area (Å²) >= 11 is 0. The number of piperidine rings is 1. The van der Waals surface area contributed by atoms with Gasteiger partial charge in [-0.3, -0.25) is 14.9 Å². The number of benzene rings is 1. The monoisotopic (exact) mass is 278 g/mol. The summed E-state index contributed by atoms with van der Waals surface area (Å²) in [6.07, 6.45) is 0.693. The number of rotatable bonds is 3. The minimum atomic E-state index is -0.510. The second-order valence-electron chi connectivity index (χ2n) is 5.41. The Kier molecular flexibility index (Phi) is 4.06. The van der Waals surface area contributed by atoms with Crippen molar-refractivity contribution in [3.05, 3.63) is 29.6 Å². The van der Waals surface area contributed by atoms with E-state index in [0.717, 1.165) is 0 Å². The number of carbonyl (C=O) groups excluding carboxylic acids is 2. The van der Waals surface area contributed by atoms with Crippen LogP contribution in [0.1, 0.15) is 38.2 Å². The van der Waals surface area contributed by atoms with Gasteiger partial charge in [-0.2, -0.15) is 0 Å². The zero-order valence-corrected chi connectivity index (χ0v) is 11.9. The van der Waals surface area contributed by atoms with Crippen molar-refractivity contribution < 1.29 is 14.0 Å². The van der Waals surface area contributed by atoms with E-state index in [2.05, 4.69) is 5.32 Å². The van der Waals surface area contributed by atoms with Gasteiger partial charge in [0, 0.05) is 13.5 Å². The van der Waals surface area contributed by atoms with Gasteiger partial charge in [0.2, 0.25) is 11.8 Å². The number of likely N-dealkylation sites (N-methyl/N-ethyl adjacent to an activating group) is 1. The fourth-order valence-electron chi connectivity index (χ4n) is 2.47. The number of hydrogen-bond acceptors (Lipinski definition) is 3. The van der Waals surface area contributed by atoms with E-state index in [1.165, 1.54) is 0 Å². The van der Waals surface area contributed by atoms with Crippen LogP contribution in [-0.2, 0) is 9.59 Å². The lowest BCUT2D eigenvalue weighted by Crippen LogP contribution is -2.51. The van der Waals surface area contributed by atoms with E-state index >= 15 is 0 Å². The SMILES string of the molecule is CC(C)c1cccc(N(C)C2CCC(=O)NC2=O)c1F. The minimum absolute atomic E-state index is 0.0742. The van der Waals surface area contributed by atoms with Gasteiger partial charge >= 0.3 is 0 Å². The predicted molar refractivity (Wildman–Crippen MR) is 75.1 cm³/mol. The number of carbonyl (C=O) groups is 2. The summed E-state index contributed by atoms with van der Waals surface area (Å²) in [7, 11) is 1.68. The highest BCUT2D eigenvalue weighted by Crippen LogP contribution is 2.28. The summed E-state index contributed by atoms with van der Waals surface area (Å²) in [6, 6.07) is 4.69. The van der Waals surface area contributed by atoms with Gasteiger partial charge in [0.15, 0.2) is 0 Å². The van der Waals surface area contributed by atoms with E-state index in [0.29, 0.717) is 17.7 Å². The summed E-state index contributed by atoms with van der Waals surface area (Å²) in [6.45, 7) is 3.85. The molecule has 0 aromatic heterocycles. The number of amides is 2. The maximum atomic E-state index is 14.5. The first-order chi connectivity index (χ1) is 9.41. The average Bonchev–Trinajstić information content (AvgIpc) is 2.38. The smallest absolute Gasteiger partial charge is 0.249 e. The second kappa shape index (κ2) is 5.61. The quantitative estimate of drug-likeness (QED) is 0.862. The van der Waals surface area contributed by atoms with Crippen LogP contribution in [0.5, 0.6) is 0 Å². The lowest BCUT2D eigenvalue weighted by molar-refractivity contribution is -0.134. The predicted octanol–water partition coefficient (Wildman–Crippen LogP) is 2.19. The molecule has 1 aliphatic heterocycles. The van der Waals surface area contributed by atoms with E-state index in [1.54, 1.807) is 30.1 Å². The molecule has 0 bridgehead atoms. The van der Waals surface area contributed by atoms with Crippen LogP contribution in [0.25, 0.3) is 0 Å². The number of nitrogens with one attached hydrogen (secondary N) is 1. The number of halogens is 1. The molecule has 1 aromatic carbocycles. The Hall–Kier alpha value is -1.91. The van der Waals surface area contributed by atoms with E-state index in [-0.39, 0.29) is 30.0 Å². The molecule has 0 saturated carbocycles. The van der Waals surface area contributed by atoms with Crippen molar-refractivity contribution >= 4 is 17.5 Å². The van der Waals surface area contributed by atoms with Crippen molar-refractivity contribution in [3.63, 3.8) is 0 Å². The normalized spacial score (nSPS) is 19.1. The van der Waals surface area contributed by atoms with Gasteiger partial charge in [-0.15, -0.1) is 0 Å². The first kappa shape index (κ1) is 14.5. The zero-order chi connectivity index (χ0) is 14.9. The standard InChI is InChI=1S/C15H19FN2O2/c1-9(2)10-5-4-6-11(14(10)16)18(3)12-7-8-13(19)17-15(12)20/h4-6,9,12H,7-8H2,1-3H3,(H,17,19,20). The van der Waals surface area contributed by atoms with Gasteiger partial charge in [0.25, 0.3) is 0 Å². The lowest BCUT2D eigenvalue weighted by Gasteiger charge is -2.32. The second-order valence-corrected chi connectivity index (χ2v) is 5.41. The van der Waals surface area contributed by atoms with Gasteiger partial charge in [-0.05, 0) is 24.0 Å². The van der Waals surface area contributed by atoms with Crippen LogP contribution in [0, 0.1) is 5.82 Å². The molecule has 2 rings (SSSR count). The number of imide groups is 1. The molecule has 1 unspecified atom stereocenters. The molecule has 4 nitrogen and oxygen atoms in total. The van der Waals surface area contributed by atoms with Gasteiger partial charge in [-0.25, -0.2) is 4.39 Å². The molecule has 0 radical (unpaired) electrons. The van der Waals surface area contributed by atoms with Crippen molar-refractivity contribution in [3.8, 4) is 0 Å². The number of nitrogens with zero attached hydrogens (tertiary/aromatic N) is 1. The molecule has 1 aliphatic rings.